The second-order valence-electron chi connectivity index (χ2n) is 6.76. The van der Waals surface area contributed by atoms with Gasteiger partial charge in [-0.05, 0) is 57.4 Å². The predicted octanol–water partition coefficient (Wildman–Crippen LogP) is 3.92. The van der Waals surface area contributed by atoms with Crippen LogP contribution in [0.2, 0.25) is 0 Å². The van der Waals surface area contributed by atoms with Crippen molar-refractivity contribution < 1.29 is 9.90 Å². The Morgan fingerprint density at radius 3 is 2.81 bits per heavy atom. The lowest BCUT2D eigenvalue weighted by Crippen LogP contribution is -2.32. The van der Waals surface area contributed by atoms with Crippen LogP contribution in [0.15, 0.2) is 12.3 Å². The zero-order valence-electron chi connectivity index (χ0n) is 13.5. The van der Waals surface area contributed by atoms with Gasteiger partial charge in [-0.2, -0.15) is 5.10 Å². The molecule has 4 heteroatoms. The zero-order chi connectivity index (χ0) is 15.4. The fourth-order valence-corrected chi connectivity index (χ4v) is 3.62. The van der Waals surface area contributed by atoms with E-state index < -0.39 is 5.97 Å². The molecular weight excluding hydrogens is 264 g/mol. The van der Waals surface area contributed by atoms with Crippen LogP contribution in [-0.4, -0.2) is 20.9 Å². The average Bonchev–Trinajstić information content (AvgIpc) is 2.88. The molecule has 0 saturated heterocycles. The highest BCUT2D eigenvalue weighted by Gasteiger charge is 2.35. The van der Waals surface area contributed by atoms with Crippen molar-refractivity contribution in [1.82, 2.24) is 9.78 Å². The van der Waals surface area contributed by atoms with Crippen LogP contribution < -0.4 is 0 Å². The molecule has 0 amide bonds. The molecule has 0 aromatic carbocycles. The Bertz CT molecular complexity index is 467. The molecule has 1 aliphatic rings. The van der Waals surface area contributed by atoms with Gasteiger partial charge in [-0.3, -0.25) is 9.48 Å². The maximum absolute atomic E-state index is 11.5. The van der Waals surface area contributed by atoms with E-state index in [1.54, 1.807) is 0 Å². The Kier molecular flexibility index (Phi) is 5.43. The van der Waals surface area contributed by atoms with Gasteiger partial charge in [-0.1, -0.05) is 19.8 Å². The van der Waals surface area contributed by atoms with Gasteiger partial charge in [-0.15, -0.1) is 0 Å². The van der Waals surface area contributed by atoms with Crippen LogP contribution >= 0.6 is 0 Å². The van der Waals surface area contributed by atoms with Crippen LogP contribution in [0.5, 0.6) is 0 Å². The molecule has 1 N–H and O–H groups in total. The Hall–Kier alpha value is -1.32. The zero-order valence-corrected chi connectivity index (χ0v) is 13.5. The highest BCUT2D eigenvalue weighted by molar-refractivity contribution is 5.70. The van der Waals surface area contributed by atoms with Crippen LogP contribution in [0.25, 0.3) is 0 Å². The van der Waals surface area contributed by atoms with E-state index in [9.17, 15) is 9.90 Å². The maximum atomic E-state index is 11.5. The molecule has 1 heterocycles. The van der Waals surface area contributed by atoms with Crippen molar-refractivity contribution in [3.05, 3.63) is 18.0 Å². The standard InChI is InChI=1S/C17H28N2O2/c1-4-5-13-6-7-16(17(20)21)14(10-13)11-15-8-9-19(18-15)12(2)3/h8-9,12-14,16H,4-7,10-11H2,1-3H3,(H,20,21). The number of nitrogens with zero attached hydrogens (tertiary/aromatic N) is 2. The summed E-state index contributed by atoms with van der Waals surface area (Å²) in [5, 5.41) is 14.1. The number of aromatic nitrogens is 2. The molecule has 0 aliphatic heterocycles. The summed E-state index contributed by atoms with van der Waals surface area (Å²) in [6.45, 7) is 6.42. The Labute approximate surface area is 127 Å². The largest absolute Gasteiger partial charge is 0.481 e. The lowest BCUT2D eigenvalue weighted by Gasteiger charge is -2.33. The van der Waals surface area contributed by atoms with E-state index in [2.05, 4.69) is 25.9 Å². The number of carbonyl (C=O) groups is 1. The molecule has 0 bridgehead atoms. The van der Waals surface area contributed by atoms with Gasteiger partial charge in [0.1, 0.15) is 0 Å². The summed E-state index contributed by atoms with van der Waals surface area (Å²) in [7, 11) is 0. The van der Waals surface area contributed by atoms with Crippen LogP contribution in [0.1, 0.15) is 64.6 Å². The third-order valence-corrected chi connectivity index (χ3v) is 4.77. The summed E-state index contributed by atoms with van der Waals surface area (Å²) in [4.78, 5) is 11.5. The number of hydrogen-bond acceptors (Lipinski definition) is 2. The van der Waals surface area contributed by atoms with Gasteiger partial charge < -0.3 is 5.11 Å². The molecule has 0 spiro atoms. The van der Waals surface area contributed by atoms with Crippen molar-refractivity contribution >= 4 is 5.97 Å². The number of aliphatic carboxylic acids is 1. The molecule has 118 valence electrons. The Morgan fingerprint density at radius 1 is 1.48 bits per heavy atom. The normalized spacial score (nSPS) is 26.2. The second-order valence-corrected chi connectivity index (χ2v) is 6.76. The summed E-state index contributed by atoms with van der Waals surface area (Å²) < 4.78 is 1.96. The number of rotatable bonds is 6. The van der Waals surface area contributed by atoms with Crippen LogP contribution in [-0.2, 0) is 11.2 Å². The number of carboxylic acid groups (broad SMARTS) is 1. The van der Waals surface area contributed by atoms with Crippen molar-refractivity contribution in [2.75, 3.05) is 0 Å². The van der Waals surface area contributed by atoms with Crippen molar-refractivity contribution in [3.63, 3.8) is 0 Å². The third kappa shape index (κ3) is 4.08. The molecular formula is C17H28N2O2. The summed E-state index contributed by atoms with van der Waals surface area (Å²) in [5.74, 6) is 0.117. The molecule has 1 fully saturated rings. The van der Waals surface area contributed by atoms with Crippen molar-refractivity contribution in [2.45, 2.75) is 65.3 Å². The van der Waals surface area contributed by atoms with E-state index >= 15 is 0 Å². The van der Waals surface area contributed by atoms with Crippen LogP contribution in [0, 0.1) is 17.8 Å². The molecule has 1 aromatic heterocycles. The molecule has 21 heavy (non-hydrogen) atoms. The minimum Gasteiger partial charge on any atom is -0.481 e. The summed E-state index contributed by atoms with van der Waals surface area (Å²) in [5.41, 5.74) is 1.04. The monoisotopic (exact) mass is 292 g/mol. The molecule has 4 nitrogen and oxygen atoms in total. The average molecular weight is 292 g/mol. The van der Waals surface area contributed by atoms with Gasteiger partial charge in [0, 0.05) is 12.2 Å². The first-order valence-corrected chi connectivity index (χ1v) is 8.28. The van der Waals surface area contributed by atoms with E-state index in [4.69, 9.17) is 0 Å². The first-order valence-electron chi connectivity index (χ1n) is 8.28. The maximum Gasteiger partial charge on any atom is 0.306 e. The molecule has 1 saturated carbocycles. The summed E-state index contributed by atoms with van der Waals surface area (Å²) in [6, 6.07) is 2.40. The smallest absolute Gasteiger partial charge is 0.306 e. The SMILES string of the molecule is CCCC1CCC(C(=O)O)C(Cc2ccn(C(C)C)n2)C1. The van der Waals surface area contributed by atoms with E-state index in [0.717, 1.165) is 31.4 Å². The van der Waals surface area contributed by atoms with Gasteiger partial charge in [-0.25, -0.2) is 0 Å². The van der Waals surface area contributed by atoms with Crippen molar-refractivity contribution in [2.24, 2.45) is 17.8 Å². The molecule has 3 atom stereocenters. The fourth-order valence-electron chi connectivity index (χ4n) is 3.62. The predicted molar refractivity (Wildman–Crippen MR) is 83.2 cm³/mol. The van der Waals surface area contributed by atoms with Gasteiger partial charge in [0.2, 0.25) is 0 Å². The van der Waals surface area contributed by atoms with Gasteiger partial charge >= 0.3 is 5.97 Å². The quantitative estimate of drug-likeness (QED) is 0.864. The van der Waals surface area contributed by atoms with Gasteiger partial charge in [0.05, 0.1) is 11.6 Å². The van der Waals surface area contributed by atoms with Crippen LogP contribution in [0.4, 0.5) is 0 Å². The topological polar surface area (TPSA) is 55.1 Å². The number of carboxylic acids is 1. The Morgan fingerprint density at radius 2 is 2.24 bits per heavy atom. The third-order valence-electron chi connectivity index (χ3n) is 4.77. The number of hydrogen-bond donors (Lipinski definition) is 1. The lowest BCUT2D eigenvalue weighted by atomic mass is 9.71. The second kappa shape index (κ2) is 7.10. The highest BCUT2D eigenvalue weighted by atomic mass is 16.4. The first kappa shape index (κ1) is 16.1. The lowest BCUT2D eigenvalue weighted by molar-refractivity contribution is -0.145. The summed E-state index contributed by atoms with van der Waals surface area (Å²) in [6.07, 6.45) is 8.16. The van der Waals surface area contributed by atoms with Crippen LogP contribution in [0.3, 0.4) is 0 Å². The van der Waals surface area contributed by atoms with Crippen molar-refractivity contribution in [3.8, 4) is 0 Å². The van der Waals surface area contributed by atoms with E-state index in [0.29, 0.717) is 12.0 Å². The van der Waals surface area contributed by atoms with Gasteiger partial charge in [0.15, 0.2) is 0 Å². The fraction of sp³-hybridized carbons (Fsp3) is 0.765. The molecule has 1 aromatic rings. The molecule has 2 rings (SSSR count). The molecule has 1 aliphatic carbocycles. The highest BCUT2D eigenvalue weighted by Crippen LogP contribution is 2.38. The van der Waals surface area contributed by atoms with E-state index in [-0.39, 0.29) is 11.8 Å². The van der Waals surface area contributed by atoms with Crippen molar-refractivity contribution in [1.29, 1.82) is 0 Å². The van der Waals surface area contributed by atoms with Gasteiger partial charge in [0.25, 0.3) is 0 Å². The van der Waals surface area contributed by atoms with E-state index in [1.807, 2.05) is 16.9 Å². The molecule has 0 radical (unpaired) electrons. The Balaban J connectivity index is 2.06. The minimum atomic E-state index is -0.627. The minimum absolute atomic E-state index is 0.192. The first-order chi connectivity index (χ1) is 10.0. The van der Waals surface area contributed by atoms with E-state index in [1.165, 1.54) is 12.8 Å². The summed E-state index contributed by atoms with van der Waals surface area (Å²) >= 11 is 0. The molecule has 3 unspecified atom stereocenters.